The summed E-state index contributed by atoms with van der Waals surface area (Å²) in [7, 11) is 0. The lowest BCUT2D eigenvalue weighted by molar-refractivity contribution is 0.212. The van der Waals surface area contributed by atoms with Gasteiger partial charge in [0, 0.05) is 11.6 Å². The molecule has 5 heteroatoms. The highest BCUT2D eigenvalue weighted by Crippen LogP contribution is 2.26. The molecule has 0 aromatic heterocycles. The quantitative estimate of drug-likeness (QED) is 0.817. The molecule has 0 saturated heterocycles. The Morgan fingerprint density at radius 2 is 1.50 bits per heavy atom. The van der Waals surface area contributed by atoms with Gasteiger partial charge < -0.3 is 5.11 Å². The van der Waals surface area contributed by atoms with Gasteiger partial charge in [-0.05, 0) is 23.8 Å². The summed E-state index contributed by atoms with van der Waals surface area (Å²) in [5.41, 5.74) is -0.558. The van der Waals surface area contributed by atoms with Crippen LogP contribution < -0.4 is 0 Å². The number of halogens is 4. The van der Waals surface area contributed by atoms with E-state index < -0.39 is 29.4 Å². The monoisotopic (exact) mass is 256 g/mol. The normalized spacial score (nSPS) is 12.5. The molecule has 0 aliphatic carbocycles. The second-order valence-corrected chi connectivity index (χ2v) is 3.75. The Labute approximate surface area is 100 Å². The molecule has 0 amide bonds. The topological polar surface area (TPSA) is 20.2 Å². The standard InChI is InChI=1S/C13H8F4O/c14-8-4-7(5-9(15)6-8)13(18)10-2-1-3-11(16)12(10)17/h1-6,13,18H. The molecule has 0 saturated carbocycles. The average Bonchev–Trinajstić information content (AvgIpc) is 2.30. The van der Waals surface area contributed by atoms with E-state index in [-0.39, 0.29) is 11.1 Å². The van der Waals surface area contributed by atoms with Gasteiger partial charge in [0.1, 0.15) is 17.7 Å². The molecule has 0 aliphatic rings. The highest BCUT2D eigenvalue weighted by molar-refractivity contribution is 5.31. The van der Waals surface area contributed by atoms with Crippen molar-refractivity contribution in [2.75, 3.05) is 0 Å². The Kier molecular flexibility index (Phi) is 3.34. The van der Waals surface area contributed by atoms with Crippen molar-refractivity contribution in [3.8, 4) is 0 Å². The Morgan fingerprint density at radius 3 is 2.11 bits per heavy atom. The molecule has 1 nitrogen and oxygen atoms in total. The molecule has 0 heterocycles. The molecular weight excluding hydrogens is 248 g/mol. The Balaban J connectivity index is 2.47. The lowest BCUT2D eigenvalue weighted by Gasteiger charge is -2.13. The summed E-state index contributed by atoms with van der Waals surface area (Å²) in [5.74, 6) is -4.18. The second-order valence-electron chi connectivity index (χ2n) is 3.75. The predicted octanol–water partition coefficient (Wildman–Crippen LogP) is 3.32. The summed E-state index contributed by atoms with van der Waals surface area (Å²) in [6, 6.07) is 5.57. The lowest BCUT2D eigenvalue weighted by Crippen LogP contribution is -2.05. The van der Waals surface area contributed by atoms with E-state index in [1.807, 2.05) is 0 Å². The maximum atomic E-state index is 13.4. The third-order valence-corrected chi connectivity index (χ3v) is 2.48. The molecule has 0 radical (unpaired) electrons. The van der Waals surface area contributed by atoms with Gasteiger partial charge in [0.2, 0.25) is 0 Å². The zero-order chi connectivity index (χ0) is 13.3. The third kappa shape index (κ3) is 2.36. The minimum absolute atomic E-state index is 0.183. The van der Waals surface area contributed by atoms with Crippen LogP contribution in [0, 0.1) is 23.3 Å². The Morgan fingerprint density at radius 1 is 0.889 bits per heavy atom. The van der Waals surface area contributed by atoms with Gasteiger partial charge in [-0.15, -0.1) is 0 Å². The summed E-state index contributed by atoms with van der Waals surface area (Å²) >= 11 is 0. The highest BCUT2D eigenvalue weighted by atomic mass is 19.2. The number of hydrogen-bond donors (Lipinski definition) is 1. The average molecular weight is 256 g/mol. The molecule has 2 aromatic rings. The summed E-state index contributed by atoms with van der Waals surface area (Å²) < 4.78 is 52.3. The van der Waals surface area contributed by atoms with Gasteiger partial charge in [0.25, 0.3) is 0 Å². The van der Waals surface area contributed by atoms with Crippen LogP contribution in [0.3, 0.4) is 0 Å². The molecule has 0 spiro atoms. The van der Waals surface area contributed by atoms with E-state index in [9.17, 15) is 22.7 Å². The van der Waals surface area contributed by atoms with Crippen LogP contribution in [0.1, 0.15) is 17.2 Å². The first-order valence-electron chi connectivity index (χ1n) is 5.07. The summed E-state index contributed by atoms with van der Waals surface area (Å²) in [5, 5.41) is 9.81. The molecule has 1 unspecified atom stereocenters. The van der Waals surface area contributed by atoms with Crippen molar-refractivity contribution in [3.05, 3.63) is 70.8 Å². The second kappa shape index (κ2) is 4.78. The number of rotatable bonds is 2. The molecule has 1 atom stereocenters. The Hall–Kier alpha value is -1.88. The first kappa shape index (κ1) is 12.6. The smallest absolute Gasteiger partial charge is 0.164 e. The van der Waals surface area contributed by atoms with E-state index in [0.29, 0.717) is 6.07 Å². The molecule has 0 bridgehead atoms. The van der Waals surface area contributed by atoms with E-state index in [4.69, 9.17) is 0 Å². The van der Waals surface area contributed by atoms with Crippen LogP contribution >= 0.6 is 0 Å². The zero-order valence-corrected chi connectivity index (χ0v) is 9.00. The van der Waals surface area contributed by atoms with Crippen molar-refractivity contribution in [2.24, 2.45) is 0 Å². The van der Waals surface area contributed by atoms with Crippen molar-refractivity contribution in [2.45, 2.75) is 6.10 Å². The van der Waals surface area contributed by atoms with Crippen LogP contribution in [-0.4, -0.2) is 5.11 Å². The zero-order valence-electron chi connectivity index (χ0n) is 9.00. The fraction of sp³-hybridized carbons (Fsp3) is 0.0769. The fourth-order valence-electron chi connectivity index (χ4n) is 1.64. The Bertz CT molecular complexity index is 563. The maximum absolute atomic E-state index is 13.4. The molecule has 2 rings (SSSR count). The fourth-order valence-corrected chi connectivity index (χ4v) is 1.64. The number of benzene rings is 2. The molecule has 94 valence electrons. The van der Waals surface area contributed by atoms with E-state index >= 15 is 0 Å². The van der Waals surface area contributed by atoms with Crippen molar-refractivity contribution in [3.63, 3.8) is 0 Å². The first-order chi connectivity index (χ1) is 8.49. The molecule has 18 heavy (non-hydrogen) atoms. The molecule has 1 N–H and O–H groups in total. The minimum atomic E-state index is -1.63. The van der Waals surface area contributed by atoms with Gasteiger partial charge >= 0.3 is 0 Å². The molecular formula is C13H8F4O. The number of aliphatic hydroxyl groups is 1. The van der Waals surface area contributed by atoms with Gasteiger partial charge in [-0.25, -0.2) is 17.6 Å². The van der Waals surface area contributed by atoms with Crippen LogP contribution in [0.25, 0.3) is 0 Å². The largest absolute Gasteiger partial charge is 0.384 e. The van der Waals surface area contributed by atoms with Gasteiger partial charge in [-0.3, -0.25) is 0 Å². The number of aliphatic hydroxyl groups excluding tert-OH is 1. The first-order valence-corrected chi connectivity index (χ1v) is 5.07. The predicted molar refractivity (Wildman–Crippen MR) is 56.8 cm³/mol. The SMILES string of the molecule is OC(c1cc(F)cc(F)c1)c1cccc(F)c1F. The number of hydrogen-bond acceptors (Lipinski definition) is 1. The summed E-state index contributed by atoms with van der Waals surface area (Å²) in [6.07, 6.45) is -1.63. The van der Waals surface area contributed by atoms with Crippen LogP contribution in [0.5, 0.6) is 0 Å². The van der Waals surface area contributed by atoms with E-state index in [2.05, 4.69) is 0 Å². The van der Waals surface area contributed by atoms with Crippen molar-refractivity contribution >= 4 is 0 Å². The molecule has 0 fully saturated rings. The van der Waals surface area contributed by atoms with E-state index in [1.165, 1.54) is 6.07 Å². The van der Waals surface area contributed by atoms with Gasteiger partial charge in [-0.1, -0.05) is 12.1 Å². The lowest BCUT2D eigenvalue weighted by atomic mass is 10.0. The maximum Gasteiger partial charge on any atom is 0.164 e. The summed E-state index contributed by atoms with van der Waals surface area (Å²) in [6.45, 7) is 0. The van der Waals surface area contributed by atoms with E-state index in [1.54, 1.807) is 0 Å². The minimum Gasteiger partial charge on any atom is -0.384 e. The van der Waals surface area contributed by atoms with Crippen LogP contribution in [0.15, 0.2) is 36.4 Å². The summed E-state index contributed by atoms with van der Waals surface area (Å²) in [4.78, 5) is 0. The van der Waals surface area contributed by atoms with Gasteiger partial charge in [-0.2, -0.15) is 0 Å². The third-order valence-electron chi connectivity index (χ3n) is 2.48. The van der Waals surface area contributed by atoms with Crippen LogP contribution in [0.4, 0.5) is 17.6 Å². The van der Waals surface area contributed by atoms with Gasteiger partial charge in [0.15, 0.2) is 11.6 Å². The van der Waals surface area contributed by atoms with Crippen molar-refractivity contribution in [1.82, 2.24) is 0 Å². The van der Waals surface area contributed by atoms with Crippen LogP contribution in [0.2, 0.25) is 0 Å². The molecule has 0 aliphatic heterocycles. The molecule has 2 aromatic carbocycles. The van der Waals surface area contributed by atoms with E-state index in [0.717, 1.165) is 24.3 Å². The van der Waals surface area contributed by atoms with Crippen molar-refractivity contribution < 1.29 is 22.7 Å². The highest BCUT2D eigenvalue weighted by Gasteiger charge is 2.18. The van der Waals surface area contributed by atoms with Crippen molar-refractivity contribution in [1.29, 1.82) is 0 Å². The van der Waals surface area contributed by atoms with Crippen LogP contribution in [-0.2, 0) is 0 Å². The van der Waals surface area contributed by atoms with Gasteiger partial charge in [0.05, 0.1) is 0 Å².